The molecule has 2 fully saturated rings. The second-order valence-corrected chi connectivity index (χ2v) is 7.44. The van der Waals surface area contributed by atoms with Gasteiger partial charge in [-0.15, -0.1) is 0 Å². The van der Waals surface area contributed by atoms with Gasteiger partial charge in [-0.05, 0) is 85.0 Å². The van der Waals surface area contributed by atoms with E-state index in [4.69, 9.17) is 0 Å². The van der Waals surface area contributed by atoms with E-state index in [2.05, 4.69) is 13.0 Å². The van der Waals surface area contributed by atoms with Crippen LogP contribution in [0.2, 0.25) is 0 Å². The zero-order valence-electron chi connectivity index (χ0n) is 12.2. The quantitative estimate of drug-likeness (QED) is 0.757. The van der Waals surface area contributed by atoms with Crippen LogP contribution in [0.4, 0.5) is 0 Å². The van der Waals surface area contributed by atoms with E-state index >= 15 is 0 Å². The van der Waals surface area contributed by atoms with Crippen molar-refractivity contribution in [2.24, 2.45) is 17.3 Å². The van der Waals surface area contributed by atoms with Crippen LogP contribution in [0.15, 0.2) is 18.2 Å². The molecule has 2 N–H and O–H groups in total. The summed E-state index contributed by atoms with van der Waals surface area (Å²) in [6.07, 6.45) is 6.78. The lowest BCUT2D eigenvalue weighted by atomic mass is 9.55. The molecule has 0 radical (unpaired) electrons. The molecular formula is C18H24O2. The van der Waals surface area contributed by atoms with E-state index in [1.54, 1.807) is 0 Å². The molecule has 3 aliphatic rings. The summed E-state index contributed by atoms with van der Waals surface area (Å²) in [5.41, 5.74) is 2.99. The van der Waals surface area contributed by atoms with Crippen LogP contribution in [0.25, 0.3) is 0 Å². The van der Waals surface area contributed by atoms with Crippen molar-refractivity contribution in [2.45, 2.75) is 57.5 Å². The van der Waals surface area contributed by atoms with Gasteiger partial charge in [-0.2, -0.15) is 0 Å². The van der Waals surface area contributed by atoms with Crippen molar-refractivity contribution in [3.63, 3.8) is 0 Å². The zero-order valence-corrected chi connectivity index (χ0v) is 12.2. The molecular weight excluding hydrogens is 248 g/mol. The molecule has 0 amide bonds. The summed E-state index contributed by atoms with van der Waals surface area (Å²) in [5.74, 6) is 2.49. The van der Waals surface area contributed by atoms with Gasteiger partial charge in [-0.3, -0.25) is 0 Å². The Hall–Kier alpha value is -1.02. The first-order valence-electron chi connectivity index (χ1n) is 8.09. The molecule has 2 heteroatoms. The van der Waals surface area contributed by atoms with E-state index in [0.717, 1.165) is 25.2 Å². The average Bonchev–Trinajstić information content (AvgIpc) is 2.74. The largest absolute Gasteiger partial charge is 0.508 e. The molecule has 0 bridgehead atoms. The van der Waals surface area contributed by atoms with Gasteiger partial charge in [-0.25, -0.2) is 0 Å². The molecule has 3 aliphatic carbocycles. The highest BCUT2D eigenvalue weighted by atomic mass is 16.3. The smallest absolute Gasteiger partial charge is 0.115 e. The maximum absolute atomic E-state index is 10.4. The van der Waals surface area contributed by atoms with Gasteiger partial charge < -0.3 is 10.2 Å². The van der Waals surface area contributed by atoms with Crippen LogP contribution in [0.5, 0.6) is 5.75 Å². The van der Waals surface area contributed by atoms with Crippen LogP contribution in [0, 0.1) is 17.3 Å². The minimum absolute atomic E-state index is 0.0883. The summed E-state index contributed by atoms with van der Waals surface area (Å²) in [6, 6.07) is 5.96. The summed E-state index contributed by atoms with van der Waals surface area (Å²) < 4.78 is 0. The Balaban J connectivity index is 1.71. The molecule has 2 nitrogen and oxygen atoms in total. The van der Waals surface area contributed by atoms with Gasteiger partial charge in [0.25, 0.3) is 0 Å². The van der Waals surface area contributed by atoms with Gasteiger partial charge in [0.05, 0.1) is 6.10 Å². The Labute approximate surface area is 120 Å². The van der Waals surface area contributed by atoms with Crippen molar-refractivity contribution >= 4 is 0 Å². The van der Waals surface area contributed by atoms with E-state index < -0.39 is 0 Å². The topological polar surface area (TPSA) is 40.5 Å². The number of aliphatic hydroxyl groups excluding tert-OH is 1. The number of benzene rings is 1. The average molecular weight is 272 g/mol. The summed E-state index contributed by atoms with van der Waals surface area (Å²) in [5, 5.41) is 20.0. The molecule has 4 rings (SSSR count). The predicted molar refractivity (Wildman–Crippen MR) is 78.7 cm³/mol. The first-order valence-corrected chi connectivity index (χ1v) is 8.09. The minimum Gasteiger partial charge on any atom is -0.508 e. The normalized spacial score (nSPS) is 42.7. The number of aryl methyl sites for hydroxylation is 1. The minimum atomic E-state index is -0.0883. The Morgan fingerprint density at radius 3 is 2.85 bits per heavy atom. The molecule has 0 aliphatic heterocycles. The fourth-order valence-electron chi connectivity index (χ4n) is 5.54. The summed E-state index contributed by atoms with van der Waals surface area (Å²) in [7, 11) is 0. The van der Waals surface area contributed by atoms with Crippen LogP contribution < -0.4 is 0 Å². The fraction of sp³-hybridized carbons (Fsp3) is 0.667. The third kappa shape index (κ3) is 1.60. The van der Waals surface area contributed by atoms with Crippen molar-refractivity contribution in [1.82, 2.24) is 0 Å². The van der Waals surface area contributed by atoms with Gasteiger partial charge in [0.2, 0.25) is 0 Å². The SMILES string of the molecule is CC12CC[C@@H]3c4ccc(O)cc4CCC3C1CCC2O. The zero-order chi connectivity index (χ0) is 13.9. The van der Waals surface area contributed by atoms with E-state index in [9.17, 15) is 10.2 Å². The number of aliphatic hydroxyl groups is 1. The summed E-state index contributed by atoms with van der Waals surface area (Å²) in [6.45, 7) is 2.32. The number of rotatable bonds is 0. The molecule has 0 aromatic heterocycles. The summed E-state index contributed by atoms with van der Waals surface area (Å²) in [4.78, 5) is 0. The second kappa shape index (κ2) is 4.24. The Kier molecular flexibility index (Phi) is 2.69. The van der Waals surface area contributed by atoms with Crippen LogP contribution in [-0.2, 0) is 6.42 Å². The van der Waals surface area contributed by atoms with Gasteiger partial charge in [0.1, 0.15) is 5.75 Å². The van der Waals surface area contributed by atoms with E-state index in [-0.39, 0.29) is 11.5 Å². The molecule has 0 heterocycles. The Morgan fingerprint density at radius 2 is 2.00 bits per heavy atom. The maximum atomic E-state index is 10.4. The molecule has 0 saturated heterocycles. The maximum Gasteiger partial charge on any atom is 0.115 e. The Morgan fingerprint density at radius 1 is 1.15 bits per heavy atom. The van der Waals surface area contributed by atoms with Crippen LogP contribution in [0.1, 0.15) is 56.1 Å². The lowest BCUT2D eigenvalue weighted by Gasteiger charge is -2.50. The van der Waals surface area contributed by atoms with Crippen molar-refractivity contribution in [3.8, 4) is 5.75 Å². The van der Waals surface area contributed by atoms with Crippen LogP contribution >= 0.6 is 0 Å². The van der Waals surface area contributed by atoms with Crippen LogP contribution in [0.3, 0.4) is 0 Å². The van der Waals surface area contributed by atoms with Crippen LogP contribution in [-0.4, -0.2) is 16.3 Å². The van der Waals surface area contributed by atoms with Crippen molar-refractivity contribution < 1.29 is 10.2 Å². The number of phenolic OH excluding ortho intramolecular Hbond substituents is 1. The number of aromatic hydroxyl groups is 1. The van der Waals surface area contributed by atoms with Crippen molar-refractivity contribution in [3.05, 3.63) is 29.3 Å². The second-order valence-electron chi connectivity index (χ2n) is 7.44. The molecule has 0 spiro atoms. The molecule has 20 heavy (non-hydrogen) atoms. The van der Waals surface area contributed by atoms with E-state index in [1.165, 1.54) is 30.4 Å². The Bertz CT molecular complexity index is 538. The lowest BCUT2D eigenvalue weighted by Crippen LogP contribution is -2.43. The third-order valence-corrected chi connectivity index (χ3v) is 6.66. The monoisotopic (exact) mass is 272 g/mol. The number of fused-ring (bicyclic) bond motifs is 5. The third-order valence-electron chi connectivity index (χ3n) is 6.66. The van der Waals surface area contributed by atoms with Crippen molar-refractivity contribution in [1.29, 1.82) is 0 Å². The van der Waals surface area contributed by atoms with E-state index in [0.29, 0.717) is 17.6 Å². The van der Waals surface area contributed by atoms with Gasteiger partial charge in [0.15, 0.2) is 0 Å². The predicted octanol–water partition coefficient (Wildman–Crippen LogP) is 3.61. The van der Waals surface area contributed by atoms with Gasteiger partial charge >= 0.3 is 0 Å². The number of phenols is 1. The standard InChI is InChI=1S/C18H24O2/c1-18-9-8-14-13-5-3-12(19)10-11(13)2-4-15(14)16(18)6-7-17(18)20/h3,5,10,14-17,19-20H,2,4,6-9H2,1H3/t14-,15?,16?,17?,18?/m1/s1. The summed E-state index contributed by atoms with van der Waals surface area (Å²) >= 11 is 0. The van der Waals surface area contributed by atoms with E-state index in [1.807, 2.05) is 12.1 Å². The van der Waals surface area contributed by atoms with Gasteiger partial charge in [-0.1, -0.05) is 13.0 Å². The first-order chi connectivity index (χ1) is 9.59. The molecule has 1 aromatic rings. The van der Waals surface area contributed by atoms with Crippen molar-refractivity contribution in [2.75, 3.05) is 0 Å². The molecule has 2 saturated carbocycles. The first kappa shape index (κ1) is 12.7. The highest BCUT2D eigenvalue weighted by Crippen LogP contribution is 2.60. The van der Waals surface area contributed by atoms with Gasteiger partial charge in [0, 0.05) is 0 Å². The fourth-order valence-corrected chi connectivity index (χ4v) is 5.54. The highest BCUT2D eigenvalue weighted by Gasteiger charge is 2.54. The molecule has 1 aromatic carbocycles. The highest BCUT2D eigenvalue weighted by molar-refractivity contribution is 5.40. The number of hydrogen-bond acceptors (Lipinski definition) is 2. The number of hydrogen-bond donors (Lipinski definition) is 2. The molecule has 5 atom stereocenters. The lowest BCUT2D eigenvalue weighted by molar-refractivity contribution is -0.0226. The molecule has 4 unspecified atom stereocenters. The molecule has 108 valence electrons.